The van der Waals surface area contributed by atoms with E-state index in [0.29, 0.717) is 5.92 Å². The van der Waals surface area contributed by atoms with Crippen molar-refractivity contribution in [2.45, 2.75) is 31.3 Å². The van der Waals surface area contributed by atoms with Gasteiger partial charge in [0.15, 0.2) is 0 Å². The van der Waals surface area contributed by atoms with Gasteiger partial charge in [0.2, 0.25) is 0 Å². The highest BCUT2D eigenvalue weighted by Crippen LogP contribution is 2.60. The molecule has 56 heavy (non-hydrogen) atoms. The van der Waals surface area contributed by atoms with E-state index in [2.05, 4.69) is 204 Å². The summed E-state index contributed by atoms with van der Waals surface area (Å²) < 4.78 is 2.49. The summed E-state index contributed by atoms with van der Waals surface area (Å²) in [6.45, 7) is 2.35. The Hall–Kier alpha value is -6.49. The molecule has 0 fully saturated rings. The lowest BCUT2D eigenvalue weighted by molar-refractivity contribution is 0.451. The molecule has 4 aliphatic rings. The molecule has 4 unspecified atom stereocenters. The Bertz CT molecular complexity index is 2880. The number of nitrogens with zero attached hydrogens (tertiary/aromatic N) is 2. The maximum atomic E-state index is 5.13. The molecule has 4 nitrogen and oxygen atoms in total. The molecule has 11 rings (SSSR count). The van der Waals surface area contributed by atoms with Crippen LogP contribution < -0.4 is 21.4 Å². The fourth-order valence-corrected chi connectivity index (χ4v) is 10.2. The highest BCUT2D eigenvalue weighted by molar-refractivity contribution is 6.00. The highest BCUT2D eigenvalue weighted by atomic mass is 15.5. The number of benzene rings is 6. The molecule has 3 aliphatic carbocycles. The maximum Gasteiger partial charge on any atom is 0.144 e. The number of rotatable bonds is 6. The quantitative estimate of drug-likeness (QED) is 0.180. The van der Waals surface area contributed by atoms with Crippen molar-refractivity contribution < 1.29 is 0 Å². The van der Waals surface area contributed by atoms with E-state index in [-0.39, 0.29) is 17.5 Å². The molecule has 0 saturated carbocycles. The fourth-order valence-electron chi connectivity index (χ4n) is 10.2. The number of para-hydroxylation sites is 1. The van der Waals surface area contributed by atoms with E-state index < -0.39 is 0 Å². The van der Waals surface area contributed by atoms with Gasteiger partial charge in [0.05, 0.1) is 10.9 Å². The third kappa shape index (κ3) is 4.99. The number of aliphatic imine (C=N–C) groups is 1. The van der Waals surface area contributed by atoms with E-state index in [9.17, 15) is 0 Å². The van der Waals surface area contributed by atoms with E-state index in [1.54, 1.807) is 0 Å². The average molecular weight is 723 g/mol. The molecule has 2 heterocycles. The molecule has 4 atom stereocenters. The number of fused-ring (bicyclic) bond motifs is 6. The predicted octanol–water partition coefficient (Wildman–Crippen LogP) is 9.67. The topological polar surface area (TPSA) is 41.4 Å². The van der Waals surface area contributed by atoms with Gasteiger partial charge in [-0.2, -0.15) is 0 Å². The minimum absolute atomic E-state index is 0.215. The van der Waals surface area contributed by atoms with Crippen molar-refractivity contribution in [3.63, 3.8) is 0 Å². The normalized spacial score (nSPS) is 22.1. The Balaban J connectivity index is 1.05. The molecule has 7 aromatic rings. The number of allylic oxidation sites excluding steroid dienone is 4. The van der Waals surface area contributed by atoms with Crippen LogP contribution in [0.25, 0.3) is 39.4 Å². The van der Waals surface area contributed by atoms with Crippen LogP contribution >= 0.6 is 0 Å². The van der Waals surface area contributed by atoms with E-state index >= 15 is 0 Å². The lowest BCUT2D eigenvalue weighted by atomic mass is 9.60. The molecule has 4 heteroatoms. The number of hydrogen-bond acceptors (Lipinski definition) is 3. The second kappa shape index (κ2) is 13.1. The van der Waals surface area contributed by atoms with Gasteiger partial charge in [0, 0.05) is 33.2 Å². The zero-order chi connectivity index (χ0) is 37.2. The molecule has 0 radical (unpaired) electrons. The summed E-state index contributed by atoms with van der Waals surface area (Å²) in [6, 6.07) is 57.6. The Labute approximate surface area is 327 Å². The van der Waals surface area contributed by atoms with Crippen molar-refractivity contribution in [3.05, 3.63) is 220 Å². The van der Waals surface area contributed by atoms with Gasteiger partial charge in [-0.05, 0) is 75.9 Å². The van der Waals surface area contributed by atoms with Crippen molar-refractivity contribution in [3.8, 4) is 16.8 Å². The van der Waals surface area contributed by atoms with Crippen LogP contribution in [0.4, 0.5) is 0 Å². The van der Waals surface area contributed by atoms with Crippen LogP contribution in [0, 0.1) is 11.8 Å². The standard InChI is InChI=1S/C52H42N4/c1-34-14-12-20-40(32-34)52(39-18-6-3-7-19-39)44-24-10-8-22-42(44)48-45(52)30-31-47-49(48)43-23-9-11-25-46(43)56(47)41-21-13-17-38(33-41)51-53-50(54-55-51)37-28-26-36(27-29-37)35-15-4-2-5-16-35/h2-29,31,33-34,45,51,55H,30,32H2,1H3,(H,53,54). The number of aromatic nitrogens is 1. The lowest BCUT2D eigenvalue weighted by Crippen LogP contribution is -2.41. The molecule has 0 bridgehead atoms. The summed E-state index contributed by atoms with van der Waals surface area (Å²) in [7, 11) is 0. The SMILES string of the molecule is CC1C=CC=C(C2(c3ccccc3)c3ccccc3C3=c4c(n(-c5cccc(C6N=C(c7ccc(-c8ccccc8)cc7)NN6)c5)c5ccccc45)=CCC32)C1. The Kier molecular flexibility index (Phi) is 7.68. The van der Waals surface area contributed by atoms with Gasteiger partial charge in [-0.3, -0.25) is 0 Å². The molecule has 6 aromatic carbocycles. The molecule has 2 N–H and O–H groups in total. The van der Waals surface area contributed by atoms with Crippen LogP contribution in [0.3, 0.4) is 0 Å². The minimum atomic E-state index is -0.248. The second-order valence-corrected chi connectivity index (χ2v) is 15.7. The first kappa shape index (κ1) is 32.9. The van der Waals surface area contributed by atoms with Crippen molar-refractivity contribution in [2.75, 3.05) is 0 Å². The van der Waals surface area contributed by atoms with E-state index in [4.69, 9.17) is 4.99 Å². The second-order valence-electron chi connectivity index (χ2n) is 15.7. The number of hydrazine groups is 1. The van der Waals surface area contributed by atoms with Crippen molar-refractivity contribution >= 4 is 28.4 Å². The largest absolute Gasteiger partial charge is 0.310 e. The highest BCUT2D eigenvalue weighted by Gasteiger charge is 2.53. The smallest absolute Gasteiger partial charge is 0.144 e. The summed E-state index contributed by atoms with van der Waals surface area (Å²) in [6.07, 6.45) is 11.4. The number of amidine groups is 1. The molecular weight excluding hydrogens is 681 g/mol. The lowest BCUT2D eigenvalue weighted by Gasteiger charge is -2.42. The van der Waals surface area contributed by atoms with Crippen LogP contribution in [-0.4, -0.2) is 10.4 Å². The summed E-state index contributed by atoms with van der Waals surface area (Å²) in [5, 5.41) is 3.94. The Morgan fingerprint density at radius 3 is 2.29 bits per heavy atom. The molecule has 1 aliphatic heterocycles. The number of hydrogen-bond donors (Lipinski definition) is 2. The van der Waals surface area contributed by atoms with Crippen LogP contribution in [-0.2, 0) is 5.41 Å². The van der Waals surface area contributed by atoms with Gasteiger partial charge in [-0.15, -0.1) is 0 Å². The Morgan fingerprint density at radius 1 is 0.714 bits per heavy atom. The van der Waals surface area contributed by atoms with Gasteiger partial charge in [-0.25, -0.2) is 10.4 Å². The van der Waals surface area contributed by atoms with Crippen molar-refractivity contribution in [2.24, 2.45) is 16.8 Å². The van der Waals surface area contributed by atoms with Gasteiger partial charge >= 0.3 is 0 Å². The van der Waals surface area contributed by atoms with Crippen LogP contribution in [0.15, 0.2) is 187 Å². The fraction of sp³-hybridized carbons (Fsp3) is 0.135. The van der Waals surface area contributed by atoms with Crippen molar-refractivity contribution in [1.29, 1.82) is 0 Å². The molecule has 0 saturated heterocycles. The summed E-state index contributed by atoms with van der Waals surface area (Å²) in [4.78, 5) is 5.13. The van der Waals surface area contributed by atoms with Crippen molar-refractivity contribution in [1.82, 2.24) is 15.4 Å². The first-order valence-electron chi connectivity index (χ1n) is 19.9. The van der Waals surface area contributed by atoms with E-state index in [1.165, 1.54) is 60.4 Å². The molecule has 1 aromatic heterocycles. The summed E-state index contributed by atoms with van der Waals surface area (Å²) in [5.41, 5.74) is 20.7. The van der Waals surface area contributed by atoms with Gasteiger partial charge in [0.25, 0.3) is 0 Å². The van der Waals surface area contributed by atoms with Gasteiger partial charge < -0.3 is 9.99 Å². The van der Waals surface area contributed by atoms with Gasteiger partial charge in [0.1, 0.15) is 12.0 Å². The van der Waals surface area contributed by atoms with Gasteiger partial charge in [-0.1, -0.05) is 176 Å². The third-order valence-electron chi connectivity index (χ3n) is 12.6. The monoisotopic (exact) mass is 722 g/mol. The number of nitrogens with one attached hydrogen (secondary N) is 2. The van der Waals surface area contributed by atoms with E-state index in [1.807, 2.05) is 0 Å². The molecule has 270 valence electrons. The van der Waals surface area contributed by atoms with Crippen LogP contribution in [0.5, 0.6) is 0 Å². The molecular formula is C52H42N4. The average Bonchev–Trinajstić information content (AvgIpc) is 3.97. The third-order valence-corrected chi connectivity index (χ3v) is 12.6. The maximum absolute atomic E-state index is 5.13. The first-order valence-corrected chi connectivity index (χ1v) is 19.9. The zero-order valence-electron chi connectivity index (χ0n) is 31.4. The Morgan fingerprint density at radius 2 is 1.45 bits per heavy atom. The predicted molar refractivity (Wildman–Crippen MR) is 230 cm³/mol. The minimum Gasteiger partial charge on any atom is -0.310 e. The molecule has 0 amide bonds. The zero-order valence-corrected chi connectivity index (χ0v) is 31.4. The first-order chi connectivity index (χ1) is 27.7. The van der Waals surface area contributed by atoms with Crippen LogP contribution in [0.2, 0.25) is 0 Å². The molecule has 0 spiro atoms. The summed E-state index contributed by atoms with van der Waals surface area (Å²) in [5.74, 6) is 1.61. The van der Waals surface area contributed by atoms with E-state index in [0.717, 1.165) is 35.5 Å². The summed E-state index contributed by atoms with van der Waals surface area (Å²) >= 11 is 0. The van der Waals surface area contributed by atoms with Crippen LogP contribution in [0.1, 0.15) is 53.7 Å².